The predicted molar refractivity (Wildman–Crippen MR) is 84.1 cm³/mol. The van der Waals surface area contributed by atoms with Crippen molar-refractivity contribution in [1.82, 2.24) is 19.8 Å². The fourth-order valence-corrected chi connectivity index (χ4v) is 4.35. The van der Waals surface area contributed by atoms with Crippen molar-refractivity contribution in [1.29, 1.82) is 0 Å². The van der Waals surface area contributed by atoms with Crippen LogP contribution >= 0.6 is 11.3 Å². The van der Waals surface area contributed by atoms with Gasteiger partial charge in [0.05, 0.1) is 0 Å². The summed E-state index contributed by atoms with van der Waals surface area (Å²) in [6.45, 7) is 1.21. The third kappa shape index (κ3) is 4.37. The van der Waals surface area contributed by atoms with Gasteiger partial charge in [0.2, 0.25) is 10.0 Å². The zero-order chi connectivity index (χ0) is 15.3. The minimum absolute atomic E-state index is 0.367. The highest BCUT2D eigenvalue weighted by molar-refractivity contribution is 7.91. The molecule has 0 aromatic carbocycles. The highest BCUT2D eigenvalue weighted by atomic mass is 32.2. The van der Waals surface area contributed by atoms with Crippen LogP contribution in [0, 0.1) is 0 Å². The molecule has 0 unspecified atom stereocenters. The molecule has 21 heavy (non-hydrogen) atoms. The Bertz CT molecular complexity index is 676. The Morgan fingerprint density at radius 3 is 2.71 bits per heavy atom. The third-order valence-electron chi connectivity index (χ3n) is 3.12. The predicted octanol–water partition coefficient (Wildman–Crippen LogP) is 0.764. The maximum absolute atomic E-state index is 12.2. The van der Waals surface area contributed by atoms with Gasteiger partial charge in [-0.1, -0.05) is 0 Å². The Labute approximate surface area is 129 Å². The molecule has 0 aliphatic rings. The number of aryl methyl sites for hydroxylation is 1. The molecule has 0 bridgehead atoms. The van der Waals surface area contributed by atoms with Crippen molar-refractivity contribution in [3.63, 3.8) is 0 Å². The summed E-state index contributed by atoms with van der Waals surface area (Å²) in [7, 11) is 0.312. The lowest BCUT2D eigenvalue weighted by Gasteiger charge is -2.05. The lowest BCUT2D eigenvalue weighted by atomic mass is 10.3. The largest absolute Gasteiger partial charge is 0.319 e. The molecule has 0 fully saturated rings. The average molecular weight is 328 g/mol. The Morgan fingerprint density at radius 2 is 2.05 bits per heavy atom. The first-order chi connectivity index (χ1) is 10.0. The summed E-state index contributed by atoms with van der Waals surface area (Å²) in [5, 5.41) is 7.11. The van der Waals surface area contributed by atoms with Gasteiger partial charge in [-0.3, -0.25) is 4.68 Å². The van der Waals surface area contributed by atoms with Crippen molar-refractivity contribution in [3.8, 4) is 0 Å². The maximum Gasteiger partial charge on any atom is 0.250 e. The number of hydrogen-bond acceptors (Lipinski definition) is 5. The number of rotatable bonds is 8. The molecule has 0 saturated carbocycles. The molecule has 8 heteroatoms. The average Bonchev–Trinajstić information content (AvgIpc) is 3.06. The van der Waals surface area contributed by atoms with Gasteiger partial charge in [0.15, 0.2) is 0 Å². The number of likely N-dealkylation sites (N-methyl/N-ethyl adjacent to an activating group) is 1. The van der Waals surface area contributed by atoms with Crippen molar-refractivity contribution in [3.05, 3.63) is 35.0 Å². The SMILES string of the molecule is CNCCc1ccc(S(=O)(=O)NCCc2ccnn2C)s1. The highest BCUT2D eigenvalue weighted by Gasteiger charge is 2.16. The van der Waals surface area contributed by atoms with E-state index >= 15 is 0 Å². The molecular formula is C13H20N4O2S2. The molecule has 2 heterocycles. The van der Waals surface area contributed by atoms with Crippen LogP contribution in [-0.4, -0.2) is 38.3 Å². The van der Waals surface area contributed by atoms with Crippen LogP contribution in [0.5, 0.6) is 0 Å². The van der Waals surface area contributed by atoms with Crippen LogP contribution in [0.2, 0.25) is 0 Å². The number of nitrogens with zero attached hydrogens (tertiary/aromatic N) is 2. The van der Waals surface area contributed by atoms with E-state index in [-0.39, 0.29) is 0 Å². The molecule has 0 radical (unpaired) electrons. The van der Waals surface area contributed by atoms with Gasteiger partial charge in [0.1, 0.15) is 4.21 Å². The van der Waals surface area contributed by atoms with Crippen LogP contribution in [0.4, 0.5) is 0 Å². The fraction of sp³-hybridized carbons (Fsp3) is 0.462. The van der Waals surface area contributed by atoms with E-state index in [1.807, 2.05) is 26.2 Å². The van der Waals surface area contributed by atoms with Crippen LogP contribution in [0.25, 0.3) is 0 Å². The summed E-state index contributed by atoms with van der Waals surface area (Å²) in [6, 6.07) is 5.43. The molecule has 2 N–H and O–H groups in total. The summed E-state index contributed by atoms with van der Waals surface area (Å²) in [5.41, 5.74) is 0.999. The topological polar surface area (TPSA) is 76.0 Å². The Hall–Kier alpha value is -1.22. The molecule has 0 amide bonds. The first-order valence-electron chi connectivity index (χ1n) is 6.73. The summed E-state index contributed by atoms with van der Waals surface area (Å²) < 4.78 is 29.1. The molecule has 0 aliphatic carbocycles. The van der Waals surface area contributed by atoms with Crippen molar-refractivity contribution in [2.45, 2.75) is 17.1 Å². The van der Waals surface area contributed by atoms with E-state index in [9.17, 15) is 8.42 Å². The second-order valence-corrected chi connectivity index (χ2v) is 7.83. The molecule has 116 valence electrons. The van der Waals surface area contributed by atoms with Gasteiger partial charge in [-0.2, -0.15) is 5.10 Å². The number of thiophene rings is 1. The van der Waals surface area contributed by atoms with E-state index < -0.39 is 10.0 Å². The van der Waals surface area contributed by atoms with E-state index in [4.69, 9.17) is 0 Å². The van der Waals surface area contributed by atoms with Crippen LogP contribution in [0.3, 0.4) is 0 Å². The minimum Gasteiger partial charge on any atom is -0.319 e. The van der Waals surface area contributed by atoms with Crippen LogP contribution in [-0.2, 0) is 29.9 Å². The molecule has 0 atom stereocenters. The summed E-state index contributed by atoms with van der Waals surface area (Å²) >= 11 is 1.32. The number of sulfonamides is 1. The molecule has 0 saturated heterocycles. The van der Waals surface area contributed by atoms with E-state index in [0.29, 0.717) is 17.2 Å². The van der Waals surface area contributed by atoms with Crippen molar-refractivity contribution < 1.29 is 8.42 Å². The Balaban J connectivity index is 1.92. The van der Waals surface area contributed by atoms with E-state index in [1.54, 1.807) is 16.9 Å². The first kappa shape index (κ1) is 16.2. The molecular weight excluding hydrogens is 308 g/mol. The molecule has 6 nitrogen and oxygen atoms in total. The second kappa shape index (κ2) is 7.17. The highest BCUT2D eigenvalue weighted by Crippen LogP contribution is 2.21. The zero-order valence-corrected chi connectivity index (χ0v) is 13.8. The normalized spacial score (nSPS) is 11.9. The smallest absolute Gasteiger partial charge is 0.250 e. The van der Waals surface area contributed by atoms with Gasteiger partial charge in [0, 0.05) is 36.8 Å². The van der Waals surface area contributed by atoms with Crippen molar-refractivity contribution >= 4 is 21.4 Å². The lowest BCUT2D eigenvalue weighted by molar-refractivity contribution is 0.582. The van der Waals surface area contributed by atoms with E-state index in [0.717, 1.165) is 23.5 Å². The van der Waals surface area contributed by atoms with Gasteiger partial charge < -0.3 is 5.32 Å². The molecule has 2 rings (SSSR count). The van der Waals surface area contributed by atoms with Gasteiger partial charge >= 0.3 is 0 Å². The number of hydrogen-bond donors (Lipinski definition) is 2. The second-order valence-electron chi connectivity index (χ2n) is 4.67. The maximum atomic E-state index is 12.2. The van der Waals surface area contributed by atoms with Gasteiger partial charge in [0.25, 0.3) is 0 Å². The standard InChI is InChI=1S/C13H20N4O2S2/c1-14-8-7-12-3-4-13(20-12)21(18,19)16-10-6-11-5-9-15-17(11)2/h3-5,9,14,16H,6-8,10H2,1-2H3. The Kier molecular flexibility index (Phi) is 5.51. The minimum atomic E-state index is -3.41. The van der Waals surface area contributed by atoms with E-state index in [1.165, 1.54) is 11.3 Å². The summed E-state index contributed by atoms with van der Waals surface area (Å²) in [4.78, 5) is 1.07. The number of nitrogens with one attached hydrogen (secondary N) is 2. The monoisotopic (exact) mass is 328 g/mol. The van der Waals surface area contributed by atoms with Gasteiger partial charge in [-0.15, -0.1) is 11.3 Å². The summed E-state index contributed by atoms with van der Waals surface area (Å²) in [5.74, 6) is 0. The first-order valence-corrected chi connectivity index (χ1v) is 9.03. The van der Waals surface area contributed by atoms with Crippen molar-refractivity contribution in [2.75, 3.05) is 20.1 Å². The Morgan fingerprint density at radius 1 is 1.24 bits per heavy atom. The van der Waals surface area contributed by atoms with Gasteiger partial charge in [-0.25, -0.2) is 13.1 Å². The molecule has 2 aromatic rings. The van der Waals surface area contributed by atoms with Crippen LogP contribution < -0.4 is 10.0 Å². The fourth-order valence-electron chi connectivity index (χ4n) is 1.92. The summed E-state index contributed by atoms with van der Waals surface area (Å²) in [6.07, 6.45) is 3.16. The number of aromatic nitrogens is 2. The zero-order valence-electron chi connectivity index (χ0n) is 12.2. The van der Waals surface area contributed by atoms with Crippen LogP contribution in [0.15, 0.2) is 28.6 Å². The molecule has 0 spiro atoms. The van der Waals surface area contributed by atoms with Gasteiger partial charge in [-0.05, 0) is 38.2 Å². The lowest BCUT2D eigenvalue weighted by Crippen LogP contribution is -2.25. The molecule has 0 aliphatic heterocycles. The third-order valence-corrected chi connectivity index (χ3v) is 6.22. The van der Waals surface area contributed by atoms with E-state index in [2.05, 4.69) is 15.1 Å². The quantitative estimate of drug-likeness (QED) is 0.750. The van der Waals surface area contributed by atoms with Crippen molar-refractivity contribution in [2.24, 2.45) is 7.05 Å². The van der Waals surface area contributed by atoms with Crippen LogP contribution in [0.1, 0.15) is 10.6 Å². The molecule has 2 aromatic heterocycles.